The van der Waals surface area contributed by atoms with Crippen LogP contribution in [0.2, 0.25) is 0 Å². The van der Waals surface area contributed by atoms with Crippen LogP contribution in [0.3, 0.4) is 0 Å². The fraction of sp³-hybridized carbons (Fsp3) is 0.250. The van der Waals surface area contributed by atoms with Crippen LogP contribution in [-0.4, -0.2) is 30.6 Å². The third-order valence-electron chi connectivity index (χ3n) is 3.46. The van der Waals surface area contributed by atoms with Gasteiger partial charge in [-0.05, 0) is 32.0 Å². The lowest BCUT2D eigenvalue weighted by Gasteiger charge is -2.12. The Hall–Kier alpha value is -2.87. The van der Waals surface area contributed by atoms with E-state index >= 15 is 0 Å². The summed E-state index contributed by atoms with van der Waals surface area (Å²) >= 11 is 3.44. The Kier molecular flexibility index (Phi) is 8.01. The van der Waals surface area contributed by atoms with Gasteiger partial charge >= 0.3 is 12.0 Å². The van der Waals surface area contributed by atoms with Crippen molar-refractivity contribution in [1.29, 1.82) is 0 Å². The number of urea groups is 1. The summed E-state index contributed by atoms with van der Waals surface area (Å²) < 4.78 is 11.6. The molecule has 0 fully saturated rings. The summed E-state index contributed by atoms with van der Waals surface area (Å²) in [5.41, 5.74) is 1.11. The summed E-state index contributed by atoms with van der Waals surface area (Å²) in [5, 5.41) is 4.59. The van der Waals surface area contributed by atoms with Gasteiger partial charge in [-0.25, -0.2) is 9.59 Å². The van der Waals surface area contributed by atoms with Crippen molar-refractivity contribution < 1.29 is 23.9 Å². The highest BCUT2D eigenvalue weighted by molar-refractivity contribution is 9.10. The molecule has 148 valence electrons. The van der Waals surface area contributed by atoms with Crippen molar-refractivity contribution in [1.82, 2.24) is 10.6 Å². The molecule has 0 unspecified atom stereocenters. The van der Waals surface area contributed by atoms with E-state index in [1.54, 1.807) is 38.1 Å². The Labute approximate surface area is 171 Å². The van der Waals surface area contributed by atoms with E-state index in [-0.39, 0.29) is 18.2 Å². The Morgan fingerprint density at radius 3 is 2.43 bits per heavy atom. The van der Waals surface area contributed by atoms with Crippen molar-refractivity contribution in [3.8, 4) is 5.75 Å². The minimum atomic E-state index is -0.724. The van der Waals surface area contributed by atoms with Crippen LogP contribution in [0.25, 0.3) is 0 Å². The first-order valence-electron chi connectivity index (χ1n) is 8.59. The molecule has 0 bridgehead atoms. The minimum absolute atomic E-state index is 0.121. The number of carbonyl (C=O) groups excluding carboxylic acids is 3. The maximum atomic E-state index is 12.3. The van der Waals surface area contributed by atoms with E-state index in [1.807, 2.05) is 24.3 Å². The molecule has 7 nitrogen and oxygen atoms in total. The summed E-state index contributed by atoms with van der Waals surface area (Å²) in [7, 11) is 0. The molecule has 28 heavy (non-hydrogen) atoms. The fourth-order valence-corrected chi connectivity index (χ4v) is 2.60. The number of carbonyl (C=O) groups is 3. The highest BCUT2D eigenvalue weighted by Crippen LogP contribution is 2.22. The molecule has 0 aliphatic carbocycles. The first-order chi connectivity index (χ1) is 13.4. The monoisotopic (exact) mass is 448 g/mol. The van der Waals surface area contributed by atoms with Crippen molar-refractivity contribution in [2.45, 2.75) is 26.5 Å². The maximum Gasteiger partial charge on any atom is 0.342 e. The summed E-state index contributed by atoms with van der Waals surface area (Å²) in [6, 6.07) is 13.4. The second kappa shape index (κ2) is 10.5. The van der Waals surface area contributed by atoms with Gasteiger partial charge in [-0.1, -0.05) is 46.3 Å². The molecule has 0 atom stereocenters. The molecular formula is C20H21BrN2O5. The van der Waals surface area contributed by atoms with Gasteiger partial charge in [-0.15, -0.1) is 0 Å². The zero-order valence-electron chi connectivity index (χ0n) is 15.5. The molecule has 2 aromatic carbocycles. The van der Waals surface area contributed by atoms with Crippen LogP contribution >= 0.6 is 15.9 Å². The van der Waals surface area contributed by atoms with Crippen LogP contribution < -0.4 is 15.4 Å². The van der Waals surface area contributed by atoms with E-state index in [4.69, 9.17) is 9.47 Å². The second-order valence-corrected chi connectivity index (χ2v) is 6.98. The lowest BCUT2D eigenvalue weighted by molar-refractivity contribution is -0.123. The normalized spacial score (nSPS) is 10.3. The largest absolute Gasteiger partial charge is 0.488 e. The predicted octanol–water partition coefficient (Wildman–Crippen LogP) is 3.42. The van der Waals surface area contributed by atoms with Crippen molar-refractivity contribution >= 4 is 33.8 Å². The molecule has 0 aliphatic rings. The molecule has 0 aliphatic heterocycles. The Morgan fingerprint density at radius 2 is 1.71 bits per heavy atom. The molecule has 2 aromatic rings. The lowest BCUT2D eigenvalue weighted by atomic mass is 10.2. The van der Waals surface area contributed by atoms with Gasteiger partial charge < -0.3 is 14.8 Å². The molecule has 0 saturated carbocycles. The average molecular weight is 449 g/mol. The van der Waals surface area contributed by atoms with Crippen LogP contribution in [-0.2, 0) is 16.1 Å². The van der Waals surface area contributed by atoms with E-state index in [1.165, 1.54) is 0 Å². The molecule has 0 radical (unpaired) electrons. The standard InChI is InChI=1S/C20H21BrN2O5/c1-13(2)22-20(26)23-18(24)12-28-19(25)15-8-4-6-10-17(15)27-11-14-7-3-5-9-16(14)21/h3-10,13H,11-12H2,1-2H3,(H2,22,23,24,26). The van der Waals surface area contributed by atoms with Crippen LogP contribution in [0.4, 0.5) is 4.79 Å². The van der Waals surface area contributed by atoms with Crippen LogP contribution in [0.1, 0.15) is 29.8 Å². The van der Waals surface area contributed by atoms with E-state index in [0.717, 1.165) is 10.0 Å². The lowest BCUT2D eigenvalue weighted by Crippen LogP contribution is -2.44. The molecule has 2 N–H and O–H groups in total. The third kappa shape index (κ3) is 6.70. The highest BCUT2D eigenvalue weighted by Gasteiger charge is 2.17. The number of benzene rings is 2. The Bertz CT molecular complexity index is 854. The number of rotatable bonds is 7. The summed E-state index contributed by atoms with van der Waals surface area (Å²) in [6.07, 6.45) is 0. The zero-order chi connectivity index (χ0) is 20.5. The number of halogens is 1. The molecule has 2 rings (SSSR count). The Morgan fingerprint density at radius 1 is 1.04 bits per heavy atom. The Balaban J connectivity index is 1.94. The summed E-state index contributed by atoms with van der Waals surface area (Å²) in [4.78, 5) is 35.5. The van der Waals surface area contributed by atoms with Gasteiger partial charge in [0.25, 0.3) is 5.91 Å². The number of amides is 3. The SMILES string of the molecule is CC(C)NC(=O)NC(=O)COC(=O)c1ccccc1OCc1ccccc1Br. The van der Waals surface area contributed by atoms with Crippen LogP contribution in [0, 0.1) is 0 Å². The maximum absolute atomic E-state index is 12.3. The van der Waals surface area contributed by atoms with E-state index in [0.29, 0.717) is 5.75 Å². The number of nitrogens with one attached hydrogen (secondary N) is 2. The van der Waals surface area contributed by atoms with Crippen molar-refractivity contribution in [3.63, 3.8) is 0 Å². The highest BCUT2D eigenvalue weighted by atomic mass is 79.9. The quantitative estimate of drug-likeness (QED) is 0.632. The number of hydrogen-bond acceptors (Lipinski definition) is 5. The topological polar surface area (TPSA) is 93.7 Å². The van der Waals surface area contributed by atoms with Gasteiger partial charge in [0.15, 0.2) is 6.61 Å². The van der Waals surface area contributed by atoms with Crippen molar-refractivity contribution in [3.05, 3.63) is 64.1 Å². The molecule has 0 heterocycles. The van der Waals surface area contributed by atoms with E-state index in [9.17, 15) is 14.4 Å². The number of para-hydroxylation sites is 1. The zero-order valence-corrected chi connectivity index (χ0v) is 17.1. The van der Waals surface area contributed by atoms with Crippen LogP contribution in [0.5, 0.6) is 5.75 Å². The number of esters is 1. The van der Waals surface area contributed by atoms with Gasteiger partial charge in [-0.2, -0.15) is 0 Å². The smallest absolute Gasteiger partial charge is 0.342 e. The van der Waals surface area contributed by atoms with Crippen molar-refractivity contribution in [2.24, 2.45) is 0 Å². The van der Waals surface area contributed by atoms with E-state index in [2.05, 4.69) is 26.6 Å². The third-order valence-corrected chi connectivity index (χ3v) is 4.23. The molecule has 0 saturated heterocycles. The van der Waals surface area contributed by atoms with Gasteiger partial charge in [0.2, 0.25) is 0 Å². The second-order valence-electron chi connectivity index (χ2n) is 6.13. The summed E-state index contributed by atoms with van der Waals surface area (Å²) in [5.74, 6) is -1.11. The first kappa shape index (κ1) is 21.4. The molecular weight excluding hydrogens is 428 g/mol. The van der Waals surface area contributed by atoms with Crippen LogP contribution in [0.15, 0.2) is 53.0 Å². The predicted molar refractivity (Wildman–Crippen MR) is 107 cm³/mol. The van der Waals surface area contributed by atoms with Gasteiger partial charge in [0.1, 0.15) is 17.9 Å². The number of ether oxygens (including phenoxy) is 2. The minimum Gasteiger partial charge on any atom is -0.488 e. The number of hydrogen-bond donors (Lipinski definition) is 2. The first-order valence-corrected chi connectivity index (χ1v) is 9.39. The molecule has 3 amide bonds. The van der Waals surface area contributed by atoms with Gasteiger partial charge in [-0.3, -0.25) is 10.1 Å². The number of imide groups is 1. The van der Waals surface area contributed by atoms with Gasteiger partial charge in [0.05, 0.1) is 0 Å². The fourth-order valence-electron chi connectivity index (χ4n) is 2.20. The molecule has 0 aromatic heterocycles. The van der Waals surface area contributed by atoms with Gasteiger partial charge in [0, 0.05) is 16.1 Å². The average Bonchev–Trinajstić information content (AvgIpc) is 2.65. The molecule has 8 heteroatoms. The molecule has 0 spiro atoms. The van der Waals surface area contributed by atoms with Crippen molar-refractivity contribution in [2.75, 3.05) is 6.61 Å². The van der Waals surface area contributed by atoms with E-state index < -0.39 is 24.5 Å². The summed E-state index contributed by atoms with van der Waals surface area (Å²) in [6.45, 7) is 3.19.